The molecule has 0 saturated heterocycles. The van der Waals surface area contributed by atoms with Crippen LogP contribution in [0.15, 0.2) is 18.5 Å². The number of carbonyl (C=O) groups excluding carboxylic acids is 1. The van der Waals surface area contributed by atoms with Crippen LogP contribution in [0.5, 0.6) is 0 Å². The molecule has 2 aromatic rings. The van der Waals surface area contributed by atoms with Gasteiger partial charge in [-0.1, -0.05) is 13.3 Å². The van der Waals surface area contributed by atoms with Crippen LogP contribution in [0.4, 0.5) is 5.13 Å². The minimum absolute atomic E-state index is 0.0724. The molecule has 0 aromatic carbocycles. The summed E-state index contributed by atoms with van der Waals surface area (Å²) in [5.41, 5.74) is 1.17. The zero-order chi connectivity index (χ0) is 14.8. The van der Waals surface area contributed by atoms with E-state index in [-0.39, 0.29) is 11.9 Å². The second-order valence-electron chi connectivity index (χ2n) is 5.56. The molecule has 0 fully saturated rings. The number of nitrogens with one attached hydrogen (secondary N) is 1. The summed E-state index contributed by atoms with van der Waals surface area (Å²) in [5.74, 6) is 0.696. The molecule has 1 aliphatic rings. The number of hydrogen-bond donors (Lipinski definition) is 1. The van der Waals surface area contributed by atoms with Gasteiger partial charge in [0.15, 0.2) is 5.13 Å². The number of hydrogen-bond acceptors (Lipinski definition) is 4. The third-order valence-electron chi connectivity index (χ3n) is 4.15. The highest BCUT2D eigenvalue weighted by atomic mass is 32.1. The third kappa shape index (κ3) is 3.00. The number of rotatable bonds is 4. The van der Waals surface area contributed by atoms with Gasteiger partial charge in [0, 0.05) is 17.3 Å². The first-order valence-corrected chi connectivity index (χ1v) is 8.27. The van der Waals surface area contributed by atoms with E-state index in [1.165, 1.54) is 23.4 Å². The van der Waals surface area contributed by atoms with Crippen LogP contribution in [0.25, 0.3) is 0 Å². The van der Waals surface area contributed by atoms with Crippen molar-refractivity contribution in [3.63, 3.8) is 0 Å². The van der Waals surface area contributed by atoms with Crippen LogP contribution in [-0.4, -0.2) is 20.7 Å². The molecule has 112 valence electrons. The van der Waals surface area contributed by atoms with Crippen molar-refractivity contribution in [2.45, 2.75) is 45.6 Å². The molecule has 0 bridgehead atoms. The van der Waals surface area contributed by atoms with E-state index in [1.807, 2.05) is 13.0 Å². The molecule has 2 aromatic heterocycles. The molecule has 0 spiro atoms. The lowest BCUT2D eigenvalue weighted by Gasteiger charge is -2.18. The smallest absolute Gasteiger partial charge is 0.250 e. The number of aryl methyl sites for hydroxylation is 1. The molecule has 0 saturated carbocycles. The van der Waals surface area contributed by atoms with Gasteiger partial charge in [-0.25, -0.2) is 4.98 Å². The summed E-state index contributed by atoms with van der Waals surface area (Å²) in [6.07, 6.45) is 8.04. The van der Waals surface area contributed by atoms with Crippen molar-refractivity contribution in [1.29, 1.82) is 0 Å². The van der Waals surface area contributed by atoms with Gasteiger partial charge in [0.25, 0.3) is 5.91 Å². The van der Waals surface area contributed by atoms with E-state index in [0.29, 0.717) is 0 Å². The zero-order valence-electron chi connectivity index (χ0n) is 12.4. The summed E-state index contributed by atoms with van der Waals surface area (Å²) in [4.78, 5) is 18.2. The highest BCUT2D eigenvalue weighted by molar-refractivity contribution is 7.15. The molecule has 2 atom stereocenters. The molecule has 1 amide bonds. The summed E-state index contributed by atoms with van der Waals surface area (Å²) in [6, 6.07) is 1.49. The van der Waals surface area contributed by atoms with E-state index in [2.05, 4.69) is 22.3 Å². The Morgan fingerprint density at radius 1 is 1.62 bits per heavy atom. The summed E-state index contributed by atoms with van der Waals surface area (Å²) in [5, 5.41) is 7.75. The summed E-state index contributed by atoms with van der Waals surface area (Å²) in [6.45, 7) is 4.08. The minimum atomic E-state index is -0.329. The van der Waals surface area contributed by atoms with E-state index < -0.39 is 0 Å². The van der Waals surface area contributed by atoms with Crippen molar-refractivity contribution >= 4 is 22.4 Å². The van der Waals surface area contributed by atoms with Crippen molar-refractivity contribution in [2.24, 2.45) is 5.92 Å². The van der Waals surface area contributed by atoms with Crippen molar-refractivity contribution in [3.8, 4) is 0 Å². The Morgan fingerprint density at radius 2 is 2.48 bits per heavy atom. The lowest BCUT2D eigenvalue weighted by atomic mass is 9.89. The summed E-state index contributed by atoms with van der Waals surface area (Å²) in [7, 11) is 0. The molecule has 2 heterocycles. The van der Waals surface area contributed by atoms with Gasteiger partial charge in [-0.3, -0.25) is 9.48 Å². The summed E-state index contributed by atoms with van der Waals surface area (Å²) >= 11 is 1.62. The maximum absolute atomic E-state index is 12.2. The monoisotopic (exact) mass is 304 g/mol. The van der Waals surface area contributed by atoms with E-state index in [4.69, 9.17) is 0 Å². The normalized spacial score (nSPS) is 19.0. The van der Waals surface area contributed by atoms with Crippen LogP contribution in [0, 0.1) is 5.92 Å². The maximum Gasteiger partial charge on any atom is 0.250 e. The number of fused-ring (bicyclic) bond motifs is 1. The molecule has 6 heteroatoms. The Bertz CT molecular complexity index is 620. The molecule has 0 radical (unpaired) electrons. The second-order valence-corrected chi connectivity index (χ2v) is 6.64. The van der Waals surface area contributed by atoms with Gasteiger partial charge in [0.1, 0.15) is 6.04 Å². The Morgan fingerprint density at radius 3 is 3.19 bits per heavy atom. The number of carbonyl (C=O) groups is 1. The Labute approximate surface area is 128 Å². The molecular weight excluding hydrogens is 284 g/mol. The highest BCUT2D eigenvalue weighted by Crippen LogP contribution is 2.33. The van der Waals surface area contributed by atoms with E-state index in [1.54, 1.807) is 28.4 Å². The average Bonchev–Trinajstić information content (AvgIpc) is 3.14. The van der Waals surface area contributed by atoms with Crippen molar-refractivity contribution < 1.29 is 4.79 Å². The lowest BCUT2D eigenvalue weighted by molar-refractivity contribution is -0.119. The fourth-order valence-electron chi connectivity index (χ4n) is 2.68. The molecule has 3 rings (SSSR count). The molecular formula is C15H20N4OS. The van der Waals surface area contributed by atoms with Crippen LogP contribution in [0.1, 0.15) is 43.3 Å². The second kappa shape index (κ2) is 5.97. The number of aromatic nitrogens is 3. The molecule has 1 aliphatic carbocycles. The average molecular weight is 304 g/mol. The highest BCUT2D eigenvalue weighted by Gasteiger charge is 2.23. The van der Waals surface area contributed by atoms with E-state index >= 15 is 0 Å². The quantitative estimate of drug-likeness (QED) is 0.944. The lowest BCUT2D eigenvalue weighted by Crippen LogP contribution is -2.23. The number of amides is 1. The van der Waals surface area contributed by atoms with Crippen LogP contribution in [-0.2, 0) is 17.6 Å². The number of thiazole rings is 1. The van der Waals surface area contributed by atoms with Crippen LogP contribution >= 0.6 is 11.3 Å². The molecule has 21 heavy (non-hydrogen) atoms. The fraction of sp³-hybridized carbons (Fsp3) is 0.533. The fourth-order valence-corrected chi connectivity index (χ4v) is 3.81. The van der Waals surface area contributed by atoms with Crippen LogP contribution in [0.3, 0.4) is 0 Å². The van der Waals surface area contributed by atoms with E-state index in [0.717, 1.165) is 23.9 Å². The first kappa shape index (κ1) is 14.3. The first-order chi connectivity index (χ1) is 10.2. The van der Waals surface area contributed by atoms with Crippen molar-refractivity contribution in [2.75, 3.05) is 5.32 Å². The van der Waals surface area contributed by atoms with Gasteiger partial charge in [-0.15, -0.1) is 11.3 Å². The maximum atomic E-state index is 12.2. The number of anilines is 1. The molecule has 2 unspecified atom stereocenters. The molecule has 5 nitrogen and oxygen atoms in total. The largest absolute Gasteiger partial charge is 0.300 e. The van der Waals surface area contributed by atoms with Crippen molar-refractivity contribution in [1.82, 2.24) is 14.8 Å². The summed E-state index contributed by atoms with van der Waals surface area (Å²) < 4.78 is 1.65. The van der Waals surface area contributed by atoms with Gasteiger partial charge in [-0.05, 0) is 38.2 Å². The molecule has 1 N–H and O–H groups in total. The third-order valence-corrected chi connectivity index (χ3v) is 5.19. The minimum Gasteiger partial charge on any atom is -0.300 e. The predicted molar refractivity (Wildman–Crippen MR) is 83.5 cm³/mol. The predicted octanol–water partition coefficient (Wildman–Crippen LogP) is 3.05. The zero-order valence-corrected chi connectivity index (χ0v) is 13.2. The van der Waals surface area contributed by atoms with Gasteiger partial charge < -0.3 is 5.32 Å². The molecule has 0 aliphatic heterocycles. The first-order valence-electron chi connectivity index (χ1n) is 7.46. The Hall–Kier alpha value is -1.69. The Balaban J connectivity index is 1.69. The van der Waals surface area contributed by atoms with Crippen molar-refractivity contribution in [3.05, 3.63) is 29.0 Å². The van der Waals surface area contributed by atoms with Gasteiger partial charge in [0.05, 0.1) is 5.69 Å². The standard InChI is InChI=1S/C15H20N4OS/c1-3-11-5-6-12-13(9-11)21-15(17-12)18-14(20)10(2)19-8-4-7-16-19/h4,7-8,10-11H,3,5-6,9H2,1-2H3,(H,17,18,20). The topological polar surface area (TPSA) is 59.8 Å². The van der Waals surface area contributed by atoms with Gasteiger partial charge >= 0.3 is 0 Å². The SMILES string of the molecule is CCC1CCc2nc(NC(=O)C(C)n3cccn3)sc2C1. The van der Waals surface area contributed by atoms with E-state index in [9.17, 15) is 4.79 Å². The Kier molecular flexibility index (Phi) is 4.05. The van der Waals surface area contributed by atoms with Crippen LogP contribution in [0.2, 0.25) is 0 Å². The van der Waals surface area contributed by atoms with Crippen LogP contribution < -0.4 is 5.32 Å². The van der Waals surface area contributed by atoms with Gasteiger partial charge in [-0.2, -0.15) is 5.10 Å². The van der Waals surface area contributed by atoms with Gasteiger partial charge in [0.2, 0.25) is 0 Å². The number of nitrogens with zero attached hydrogens (tertiary/aromatic N) is 3.